The van der Waals surface area contributed by atoms with Gasteiger partial charge in [0.15, 0.2) is 6.10 Å². The summed E-state index contributed by atoms with van der Waals surface area (Å²) < 4.78 is 5.50. The predicted octanol–water partition coefficient (Wildman–Crippen LogP) is 1.15. The lowest BCUT2D eigenvalue weighted by Gasteiger charge is -2.55. The van der Waals surface area contributed by atoms with E-state index in [1.165, 1.54) is 12.5 Å². The van der Waals surface area contributed by atoms with E-state index in [1.807, 2.05) is 0 Å². The van der Waals surface area contributed by atoms with Crippen molar-refractivity contribution in [3.05, 3.63) is 18.2 Å². The Kier molecular flexibility index (Phi) is 4.45. The number of aliphatic hydroxyl groups is 1. The van der Waals surface area contributed by atoms with Crippen LogP contribution in [0.4, 0.5) is 0 Å². The summed E-state index contributed by atoms with van der Waals surface area (Å²) in [6, 6.07) is 0.0486. The highest BCUT2D eigenvalue weighted by atomic mass is 16.5. The average molecular weight is 281 g/mol. The maximum absolute atomic E-state index is 12.1. The van der Waals surface area contributed by atoms with Gasteiger partial charge in [0, 0.05) is 18.6 Å². The molecule has 1 aromatic rings. The molecule has 0 spiro atoms. The molecule has 1 aromatic heterocycles. The fraction of sp³-hybridized carbons (Fsp3) is 0.714. The average Bonchev–Trinajstić information content (AvgIpc) is 2.97. The van der Waals surface area contributed by atoms with Crippen molar-refractivity contribution in [3.8, 4) is 0 Å². The second kappa shape index (κ2) is 5.93. The van der Waals surface area contributed by atoms with Crippen molar-refractivity contribution in [2.24, 2.45) is 5.41 Å². The number of H-pyrrole nitrogens is 1. The lowest BCUT2D eigenvalue weighted by atomic mass is 9.58. The minimum Gasteiger partial charge on any atom is -0.381 e. The van der Waals surface area contributed by atoms with Gasteiger partial charge in [0.2, 0.25) is 0 Å². The number of nitrogens with one attached hydrogen (secondary N) is 2. The first-order valence-electron chi connectivity index (χ1n) is 7.08. The number of amides is 1. The molecule has 1 aliphatic carbocycles. The first kappa shape index (κ1) is 15.0. The monoisotopic (exact) mass is 281 g/mol. The summed E-state index contributed by atoms with van der Waals surface area (Å²) in [4.78, 5) is 18.7. The van der Waals surface area contributed by atoms with Gasteiger partial charge in [-0.3, -0.25) is 4.79 Å². The predicted molar refractivity (Wildman–Crippen MR) is 73.9 cm³/mol. The highest BCUT2D eigenvalue weighted by molar-refractivity contribution is 5.81. The number of methoxy groups -OCH3 is 1. The van der Waals surface area contributed by atoms with E-state index in [1.54, 1.807) is 7.11 Å². The number of hydrogen-bond acceptors (Lipinski definition) is 4. The van der Waals surface area contributed by atoms with Gasteiger partial charge < -0.3 is 20.1 Å². The molecule has 0 saturated heterocycles. The van der Waals surface area contributed by atoms with Crippen LogP contribution in [0.15, 0.2) is 12.5 Å². The van der Waals surface area contributed by atoms with Crippen LogP contribution in [-0.2, 0) is 9.53 Å². The van der Waals surface area contributed by atoms with Crippen molar-refractivity contribution in [2.75, 3.05) is 7.11 Å². The first-order valence-corrected chi connectivity index (χ1v) is 7.08. The number of carbonyl (C=O) groups is 1. The van der Waals surface area contributed by atoms with Crippen molar-refractivity contribution in [2.45, 2.75) is 51.4 Å². The summed E-state index contributed by atoms with van der Waals surface area (Å²) in [5, 5.41) is 12.9. The number of carbonyl (C=O) groups excluding carboxylic acids is 1. The fourth-order valence-corrected chi connectivity index (χ4v) is 3.29. The first-order chi connectivity index (χ1) is 9.58. The molecule has 1 heterocycles. The van der Waals surface area contributed by atoms with Crippen LogP contribution in [0.2, 0.25) is 0 Å². The number of rotatable bonds is 6. The smallest absolute Gasteiger partial charge is 0.255 e. The maximum atomic E-state index is 12.1. The highest BCUT2D eigenvalue weighted by Gasteiger charge is 2.53. The van der Waals surface area contributed by atoms with E-state index >= 15 is 0 Å². The number of hydrogen-bond donors (Lipinski definition) is 3. The Hall–Kier alpha value is -1.40. The molecule has 20 heavy (non-hydrogen) atoms. The Labute approximate surface area is 118 Å². The molecule has 0 aromatic carbocycles. The molecule has 1 saturated carbocycles. The van der Waals surface area contributed by atoms with Gasteiger partial charge in [0.1, 0.15) is 0 Å². The number of nitrogens with zero attached hydrogens (tertiary/aromatic N) is 1. The third-order valence-corrected chi connectivity index (χ3v) is 4.76. The molecule has 0 bridgehead atoms. The van der Waals surface area contributed by atoms with Gasteiger partial charge >= 0.3 is 0 Å². The van der Waals surface area contributed by atoms with Crippen molar-refractivity contribution in [3.63, 3.8) is 0 Å². The van der Waals surface area contributed by atoms with Crippen LogP contribution >= 0.6 is 0 Å². The van der Waals surface area contributed by atoms with Gasteiger partial charge in [0.05, 0.1) is 24.3 Å². The molecule has 1 amide bonds. The van der Waals surface area contributed by atoms with Gasteiger partial charge in [-0.15, -0.1) is 0 Å². The number of aromatic amines is 1. The number of imidazole rings is 1. The van der Waals surface area contributed by atoms with Gasteiger partial charge in [-0.25, -0.2) is 4.98 Å². The van der Waals surface area contributed by atoms with Crippen LogP contribution in [0, 0.1) is 5.41 Å². The lowest BCUT2D eigenvalue weighted by Crippen LogP contribution is -2.64. The van der Waals surface area contributed by atoms with E-state index in [0.29, 0.717) is 5.69 Å². The SMILES string of the molecule is CCC1(CC)C(NC(=O)C(O)c2cnc[nH]2)CC1OC. The van der Waals surface area contributed by atoms with E-state index in [4.69, 9.17) is 4.74 Å². The van der Waals surface area contributed by atoms with Crippen LogP contribution in [-0.4, -0.2) is 40.2 Å². The highest BCUT2D eigenvalue weighted by Crippen LogP contribution is 2.48. The minimum atomic E-state index is -1.20. The Morgan fingerprint density at radius 2 is 2.35 bits per heavy atom. The number of ether oxygens (including phenoxy) is 1. The normalized spacial score (nSPS) is 25.8. The molecule has 112 valence electrons. The third kappa shape index (κ3) is 2.33. The maximum Gasteiger partial charge on any atom is 0.255 e. The molecule has 0 aliphatic heterocycles. The van der Waals surface area contributed by atoms with Gasteiger partial charge in [-0.1, -0.05) is 13.8 Å². The van der Waals surface area contributed by atoms with E-state index in [-0.39, 0.29) is 23.5 Å². The second-order valence-corrected chi connectivity index (χ2v) is 5.37. The standard InChI is InChI=1S/C14H23N3O3/c1-4-14(5-2)10(6-11(14)20-3)17-13(19)12(18)9-7-15-8-16-9/h7-8,10-12,18H,4-6H2,1-3H3,(H,15,16)(H,17,19). The van der Waals surface area contributed by atoms with Crippen LogP contribution in [0.5, 0.6) is 0 Å². The fourth-order valence-electron chi connectivity index (χ4n) is 3.29. The van der Waals surface area contributed by atoms with Crippen molar-refractivity contribution in [1.29, 1.82) is 0 Å². The van der Waals surface area contributed by atoms with E-state index < -0.39 is 6.10 Å². The molecule has 0 radical (unpaired) electrons. The largest absolute Gasteiger partial charge is 0.381 e. The zero-order valence-corrected chi connectivity index (χ0v) is 12.2. The van der Waals surface area contributed by atoms with Crippen molar-refractivity contribution in [1.82, 2.24) is 15.3 Å². The van der Waals surface area contributed by atoms with Crippen LogP contribution < -0.4 is 5.32 Å². The Balaban J connectivity index is 2.01. The van der Waals surface area contributed by atoms with Crippen LogP contribution in [0.3, 0.4) is 0 Å². The summed E-state index contributed by atoms with van der Waals surface area (Å²) in [7, 11) is 1.71. The molecule has 3 N–H and O–H groups in total. The Morgan fingerprint density at radius 1 is 1.65 bits per heavy atom. The van der Waals surface area contributed by atoms with E-state index in [2.05, 4.69) is 29.1 Å². The molecule has 6 heteroatoms. The molecule has 3 unspecified atom stereocenters. The minimum absolute atomic E-state index is 0.0296. The second-order valence-electron chi connectivity index (χ2n) is 5.37. The summed E-state index contributed by atoms with van der Waals surface area (Å²) >= 11 is 0. The molecular weight excluding hydrogens is 258 g/mol. The zero-order valence-electron chi connectivity index (χ0n) is 12.2. The van der Waals surface area contributed by atoms with Crippen molar-refractivity contribution < 1.29 is 14.6 Å². The quantitative estimate of drug-likeness (QED) is 0.730. The molecule has 1 fully saturated rings. The van der Waals surface area contributed by atoms with Gasteiger partial charge in [0.25, 0.3) is 5.91 Å². The van der Waals surface area contributed by atoms with E-state index in [9.17, 15) is 9.90 Å². The third-order valence-electron chi connectivity index (χ3n) is 4.76. The summed E-state index contributed by atoms with van der Waals surface area (Å²) in [5.74, 6) is -0.389. The molecule has 3 atom stereocenters. The summed E-state index contributed by atoms with van der Waals surface area (Å²) in [6.07, 6.45) is 4.53. The topological polar surface area (TPSA) is 87.2 Å². The molecule has 6 nitrogen and oxygen atoms in total. The Morgan fingerprint density at radius 3 is 2.85 bits per heavy atom. The lowest BCUT2D eigenvalue weighted by molar-refractivity contribution is -0.147. The molecule has 2 rings (SSSR count). The number of aromatic nitrogens is 2. The summed E-state index contributed by atoms with van der Waals surface area (Å²) in [6.45, 7) is 4.22. The van der Waals surface area contributed by atoms with Gasteiger partial charge in [-0.05, 0) is 19.3 Å². The zero-order chi connectivity index (χ0) is 14.8. The number of aliphatic hydroxyl groups excluding tert-OH is 1. The van der Waals surface area contributed by atoms with E-state index in [0.717, 1.165) is 19.3 Å². The Bertz CT molecular complexity index is 443. The van der Waals surface area contributed by atoms with Crippen LogP contribution in [0.1, 0.15) is 44.9 Å². The van der Waals surface area contributed by atoms with Crippen molar-refractivity contribution >= 4 is 5.91 Å². The summed E-state index contributed by atoms with van der Waals surface area (Å²) in [5.41, 5.74) is 0.377. The van der Waals surface area contributed by atoms with Gasteiger partial charge in [-0.2, -0.15) is 0 Å². The molecule has 1 aliphatic rings. The molecular formula is C14H23N3O3. The van der Waals surface area contributed by atoms with Crippen LogP contribution in [0.25, 0.3) is 0 Å².